The molecule has 1 aromatic carbocycles. The van der Waals surface area contributed by atoms with Gasteiger partial charge in [0.1, 0.15) is 22.6 Å². The second kappa shape index (κ2) is 5.32. The number of aryl methyl sites for hydroxylation is 1. The number of carbonyl (C=O) groups excluding carboxylic acids is 1. The summed E-state index contributed by atoms with van der Waals surface area (Å²) in [5.74, 6) is -2.15. The number of carbonyl (C=O) groups is 1. The molecule has 0 unspecified atom stereocenters. The van der Waals surface area contributed by atoms with Crippen LogP contribution in [0.25, 0.3) is 0 Å². The number of benzene rings is 1. The Hall–Kier alpha value is -2.01. The maximum atomic E-state index is 13.5. The number of hydrogen-bond donors (Lipinski definition) is 1. The predicted molar refractivity (Wildman–Crippen MR) is 68.3 cm³/mol. The van der Waals surface area contributed by atoms with Gasteiger partial charge in [0.25, 0.3) is 5.91 Å². The van der Waals surface area contributed by atoms with Crippen molar-refractivity contribution >= 4 is 23.3 Å². The third-order valence-corrected chi connectivity index (χ3v) is 2.66. The van der Waals surface area contributed by atoms with Crippen LogP contribution in [-0.2, 0) is 0 Å². The zero-order valence-electron chi connectivity index (χ0n) is 9.88. The lowest BCUT2D eigenvalue weighted by atomic mass is 10.1. The Labute approximate surface area is 113 Å². The molecule has 19 heavy (non-hydrogen) atoms. The Bertz CT molecular complexity index is 647. The van der Waals surface area contributed by atoms with E-state index in [1.54, 1.807) is 12.1 Å². The Morgan fingerprint density at radius 1 is 1.26 bits per heavy atom. The molecule has 0 aliphatic carbocycles. The highest BCUT2D eigenvalue weighted by Gasteiger charge is 2.15. The van der Waals surface area contributed by atoms with Crippen molar-refractivity contribution in [2.24, 2.45) is 0 Å². The summed E-state index contributed by atoms with van der Waals surface area (Å²) in [5, 5.41) is 2.59. The second-order valence-corrected chi connectivity index (χ2v) is 4.27. The molecule has 0 bridgehead atoms. The zero-order valence-corrected chi connectivity index (χ0v) is 10.6. The molecule has 6 heteroatoms. The molecule has 0 atom stereocenters. The van der Waals surface area contributed by atoms with Gasteiger partial charge in [-0.2, -0.15) is 0 Å². The third kappa shape index (κ3) is 3.06. The summed E-state index contributed by atoms with van der Waals surface area (Å²) >= 11 is 5.67. The number of rotatable bonds is 2. The maximum Gasteiger partial charge on any atom is 0.259 e. The Balaban J connectivity index is 2.28. The molecule has 0 radical (unpaired) electrons. The van der Waals surface area contributed by atoms with E-state index in [4.69, 9.17) is 11.6 Å². The van der Waals surface area contributed by atoms with Gasteiger partial charge in [-0.1, -0.05) is 17.7 Å². The summed E-state index contributed by atoms with van der Waals surface area (Å²) in [6.07, 6.45) is 0. The average Bonchev–Trinajstić information content (AvgIpc) is 2.33. The van der Waals surface area contributed by atoms with Gasteiger partial charge < -0.3 is 5.32 Å². The average molecular weight is 283 g/mol. The second-order valence-electron chi connectivity index (χ2n) is 3.88. The van der Waals surface area contributed by atoms with Crippen molar-refractivity contribution in [1.82, 2.24) is 4.98 Å². The first-order valence-electron chi connectivity index (χ1n) is 5.37. The lowest BCUT2D eigenvalue weighted by Gasteiger charge is -2.07. The van der Waals surface area contributed by atoms with Crippen molar-refractivity contribution in [2.45, 2.75) is 6.92 Å². The highest BCUT2D eigenvalue weighted by atomic mass is 35.5. The van der Waals surface area contributed by atoms with Crippen LogP contribution in [0.15, 0.2) is 30.3 Å². The molecule has 0 saturated carbocycles. The van der Waals surface area contributed by atoms with Crippen LogP contribution in [0, 0.1) is 18.6 Å². The smallest absolute Gasteiger partial charge is 0.259 e. The van der Waals surface area contributed by atoms with Crippen LogP contribution in [0.1, 0.15) is 15.9 Å². The van der Waals surface area contributed by atoms with Crippen LogP contribution in [0.5, 0.6) is 0 Å². The van der Waals surface area contributed by atoms with E-state index in [-0.39, 0.29) is 22.1 Å². The van der Waals surface area contributed by atoms with Gasteiger partial charge in [-0.15, -0.1) is 0 Å². The monoisotopic (exact) mass is 282 g/mol. The number of nitrogens with zero attached hydrogens (tertiary/aromatic N) is 1. The highest BCUT2D eigenvalue weighted by molar-refractivity contribution is 6.29. The quantitative estimate of drug-likeness (QED) is 0.856. The molecule has 1 amide bonds. The number of pyridine rings is 1. The fourth-order valence-corrected chi connectivity index (χ4v) is 1.66. The van der Waals surface area contributed by atoms with Gasteiger partial charge >= 0.3 is 0 Å². The van der Waals surface area contributed by atoms with E-state index in [2.05, 4.69) is 10.3 Å². The van der Waals surface area contributed by atoms with Crippen LogP contribution in [0.4, 0.5) is 14.6 Å². The van der Waals surface area contributed by atoms with Gasteiger partial charge in [0.05, 0.1) is 5.56 Å². The first-order chi connectivity index (χ1) is 8.97. The first kappa shape index (κ1) is 13.4. The van der Waals surface area contributed by atoms with Crippen molar-refractivity contribution in [3.63, 3.8) is 0 Å². The lowest BCUT2D eigenvalue weighted by Crippen LogP contribution is -2.15. The summed E-state index contributed by atoms with van der Waals surface area (Å²) in [4.78, 5) is 15.7. The molecule has 98 valence electrons. The normalized spacial score (nSPS) is 10.3. The van der Waals surface area contributed by atoms with E-state index < -0.39 is 17.5 Å². The van der Waals surface area contributed by atoms with Gasteiger partial charge in [0.2, 0.25) is 0 Å². The van der Waals surface area contributed by atoms with Crippen LogP contribution < -0.4 is 5.32 Å². The van der Waals surface area contributed by atoms with Crippen molar-refractivity contribution < 1.29 is 13.6 Å². The van der Waals surface area contributed by atoms with E-state index in [1.165, 1.54) is 13.0 Å². The van der Waals surface area contributed by atoms with E-state index in [0.717, 1.165) is 6.07 Å². The van der Waals surface area contributed by atoms with Crippen molar-refractivity contribution in [1.29, 1.82) is 0 Å². The Morgan fingerprint density at radius 2 is 2.00 bits per heavy atom. The first-order valence-corrected chi connectivity index (χ1v) is 5.74. The minimum atomic E-state index is -0.928. The SMILES string of the molecule is Cc1cc(C(=O)Nc2cccc(Cl)n2)c(F)cc1F. The topological polar surface area (TPSA) is 42.0 Å². The van der Waals surface area contributed by atoms with Crippen LogP contribution in [-0.4, -0.2) is 10.9 Å². The Morgan fingerprint density at radius 3 is 2.68 bits per heavy atom. The number of halogens is 3. The van der Waals surface area contributed by atoms with Crippen LogP contribution in [0.2, 0.25) is 5.15 Å². The summed E-state index contributed by atoms with van der Waals surface area (Å²) in [6, 6.07) is 6.47. The minimum absolute atomic E-state index is 0.186. The van der Waals surface area contributed by atoms with E-state index in [9.17, 15) is 13.6 Å². The molecule has 1 N–H and O–H groups in total. The van der Waals surface area contributed by atoms with Crippen molar-refractivity contribution in [3.8, 4) is 0 Å². The fraction of sp³-hybridized carbons (Fsp3) is 0.0769. The summed E-state index contributed by atoms with van der Waals surface area (Å²) < 4.78 is 26.6. The van der Waals surface area contributed by atoms with Gasteiger partial charge in [0, 0.05) is 6.07 Å². The van der Waals surface area contributed by atoms with Gasteiger partial charge in [-0.25, -0.2) is 13.8 Å². The molecule has 1 heterocycles. The summed E-state index contributed by atoms with van der Waals surface area (Å²) in [6.45, 7) is 1.45. The van der Waals surface area contributed by atoms with E-state index in [1.807, 2.05) is 0 Å². The van der Waals surface area contributed by atoms with Gasteiger partial charge in [-0.3, -0.25) is 4.79 Å². The zero-order chi connectivity index (χ0) is 14.0. The Kier molecular flexibility index (Phi) is 3.76. The molecule has 2 rings (SSSR count). The number of hydrogen-bond acceptors (Lipinski definition) is 2. The molecule has 2 aromatic rings. The number of nitrogens with one attached hydrogen (secondary N) is 1. The number of aromatic nitrogens is 1. The molecule has 0 fully saturated rings. The molecular weight excluding hydrogens is 274 g/mol. The molecule has 3 nitrogen and oxygen atoms in total. The largest absolute Gasteiger partial charge is 0.306 e. The lowest BCUT2D eigenvalue weighted by molar-refractivity contribution is 0.102. The predicted octanol–water partition coefficient (Wildman–Crippen LogP) is 3.57. The van der Waals surface area contributed by atoms with Crippen molar-refractivity contribution in [2.75, 3.05) is 5.32 Å². The molecule has 0 saturated heterocycles. The van der Waals surface area contributed by atoms with Crippen molar-refractivity contribution in [3.05, 3.63) is 58.2 Å². The standard InChI is InChI=1S/C13H9ClF2N2O/c1-7-5-8(10(16)6-9(7)15)13(19)18-12-4-2-3-11(14)17-12/h2-6H,1H3,(H,17,18,19). The molecule has 0 aliphatic rings. The van der Waals surface area contributed by atoms with Gasteiger partial charge in [0.15, 0.2) is 0 Å². The number of anilines is 1. The van der Waals surface area contributed by atoms with Crippen LogP contribution >= 0.6 is 11.6 Å². The van der Waals surface area contributed by atoms with Crippen LogP contribution in [0.3, 0.4) is 0 Å². The maximum absolute atomic E-state index is 13.5. The third-order valence-electron chi connectivity index (χ3n) is 2.45. The highest BCUT2D eigenvalue weighted by Crippen LogP contribution is 2.16. The summed E-state index contributed by atoms with van der Waals surface area (Å²) in [7, 11) is 0. The molecule has 0 aliphatic heterocycles. The van der Waals surface area contributed by atoms with E-state index >= 15 is 0 Å². The summed E-state index contributed by atoms with van der Waals surface area (Å²) in [5.41, 5.74) is -0.0636. The van der Waals surface area contributed by atoms with Gasteiger partial charge in [-0.05, 0) is 30.7 Å². The molecular formula is C13H9ClF2N2O. The minimum Gasteiger partial charge on any atom is -0.306 e. The molecule has 1 aromatic heterocycles. The van der Waals surface area contributed by atoms with E-state index in [0.29, 0.717) is 6.07 Å². The fourth-order valence-electron chi connectivity index (χ4n) is 1.49. The number of amides is 1. The molecule has 0 spiro atoms.